The van der Waals surface area contributed by atoms with E-state index in [0.717, 1.165) is 10.0 Å². The molecule has 37 heavy (non-hydrogen) atoms. The van der Waals surface area contributed by atoms with Crippen molar-refractivity contribution in [2.24, 2.45) is 0 Å². The Balaban J connectivity index is 1.30. The number of carbonyl (C=O) groups excluding carboxylic acids is 2. The fourth-order valence-corrected chi connectivity index (χ4v) is 3.94. The van der Waals surface area contributed by atoms with Crippen molar-refractivity contribution in [2.45, 2.75) is 13.5 Å². The third-order valence-corrected chi connectivity index (χ3v) is 5.92. The maximum atomic E-state index is 12.8. The number of hydrogen-bond acceptors (Lipinski definition) is 7. The molecule has 0 radical (unpaired) electrons. The SMILES string of the molecule is CCOC(=O)c1cnn2c(-c3cccc(NC(=O)c4ccc(COc5ccc(Br)cc5)o4)c3)ccnc12. The largest absolute Gasteiger partial charge is 0.486 e. The van der Waals surface area contributed by atoms with E-state index in [9.17, 15) is 9.59 Å². The predicted molar refractivity (Wildman–Crippen MR) is 140 cm³/mol. The van der Waals surface area contributed by atoms with E-state index in [2.05, 4.69) is 31.3 Å². The number of nitrogens with zero attached hydrogens (tertiary/aromatic N) is 3. The standard InChI is InChI=1S/C27H21BrN4O5/c1-2-35-27(34)22-15-30-32-23(12-13-29-25(22)32)17-4-3-5-19(14-17)31-26(33)24-11-10-21(37-24)16-36-20-8-6-18(28)7-9-20/h3-15H,2,16H2,1H3,(H,31,33). The van der Waals surface area contributed by atoms with Gasteiger partial charge < -0.3 is 19.2 Å². The van der Waals surface area contributed by atoms with E-state index in [0.29, 0.717) is 28.5 Å². The van der Waals surface area contributed by atoms with Crippen molar-refractivity contribution in [3.05, 3.63) is 101 Å². The first-order valence-electron chi connectivity index (χ1n) is 11.4. The molecule has 0 bridgehead atoms. The van der Waals surface area contributed by atoms with Gasteiger partial charge in [-0.15, -0.1) is 0 Å². The molecule has 3 heterocycles. The van der Waals surface area contributed by atoms with Crippen molar-refractivity contribution in [3.63, 3.8) is 0 Å². The molecule has 10 heteroatoms. The van der Waals surface area contributed by atoms with Crippen LogP contribution in [0.3, 0.4) is 0 Å². The third kappa shape index (κ3) is 5.39. The molecule has 2 aromatic carbocycles. The van der Waals surface area contributed by atoms with Gasteiger partial charge >= 0.3 is 5.97 Å². The van der Waals surface area contributed by atoms with Gasteiger partial charge in [0.15, 0.2) is 11.4 Å². The van der Waals surface area contributed by atoms with Crippen molar-refractivity contribution in [1.82, 2.24) is 14.6 Å². The molecule has 0 atom stereocenters. The predicted octanol–water partition coefficient (Wildman–Crippen LogP) is 5.76. The Morgan fingerprint density at radius 2 is 1.92 bits per heavy atom. The molecule has 1 amide bonds. The summed E-state index contributed by atoms with van der Waals surface area (Å²) in [4.78, 5) is 29.3. The molecule has 186 valence electrons. The first-order valence-corrected chi connectivity index (χ1v) is 12.2. The molecule has 5 aromatic rings. The number of hydrogen-bond donors (Lipinski definition) is 1. The van der Waals surface area contributed by atoms with Crippen LogP contribution in [0.1, 0.15) is 33.6 Å². The summed E-state index contributed by atoms with van der Waals surface area (Å²) in [5.41, 5.74) is 2.70. The maximum Gasteiger partial charge on any atom is 0.343 e. The molecule has 0 spiro atoms. The Kier molecular flexibility index (Phi) is 7.00. The Morgan fingerprint density at radius 3 is 2.73 bits per heavy atom. The van der Waals surface area contributed by atoms with Crippen molar-refractivity contribution >= 4 is 39.1 Å². The van der Waals surface area contributed by atoms with Crippen LogP contribution < -0.4 is 10.1 Å². The van der Waals surface area contributed by atoms with E-state index in [1.54, 1.807) is 48.0 Å². The van der Waals surface area contributed by atoms with Gasteiger partial charge in [0, 0.05) is 21.9 Å². The Morgan fingerprint density at radius 1 is 1.08 bits per heavy atom. The fourth-order valence-electron chi connectivity index (χ4n) is 3.67. The number of anilines is 1. The van der Waals surface area contributed by atoms with Crippen LogP contribution in [0.15, 0.2) is 88.0 Å². The first-order chi connectivity index (χ1) is 18.0. The number of furan rings is 1. The molecule has 0 aliphatic carbocycles. The van der Waals surface area contributed by atoms with Crippen molar-refractivity contribution in [1.29, 1.82) is 0 Å². The summed E-state index contributed by atoms with van der Waals surface area (Å²) < 4.78 is 19.0. The van der Waals surface area contributed by atoms with Gasteiger partial charge in [0.25, 0.3) is 5.91 Å². The molecule has 9 nitrogen and oxygen atoms in total. The maximum absolute atomic E-state index is 12.8. The number of nitrogens with one attached hydrogen (secondary N) is 1. The number of amides is 1. The lowest BCUT2D eigenvalue weighted by Gasteiger charge is -2.08. The van der Waals surface area contributed by atoms with Gasteiger partial charge in [-0.2, -0.15) is 5.10 Å². The average molecular weight is 561 g/mol. The van der Waals surface area contributed by atoms with Gasteiger partial charge in [0.05, 0.1) is 18.5 Å². The van der Waals surface area contributed by atoms with Gasteiger partial charge in [-0.1, -0.05) is 28.1 Å². The van der Waals surface area contributed by atoms with Crippen LogP contribution in [0.5, 0.6) is 5.75 Å². The third-order valence-electron chi connectivity index (χ3n) is 5.39. The topological polar surface area (TPSA) is 108 Å². The van der Waals surface area contributed by atoms with Crippen molar-refractivity contribution in [3.8, 4) is 17.0 Å². The number of benzene rings is 2. The molecule has 5 rings (SSSR count). The average Bonchev–Trinajstić information content (AvgIpc) is 3.56. The number of esters is 1. The number of ether oxygens (including phenoxy) is 2. The van der Waals surface area contributed by atoms with E-state index in [1.165, 1.54) is 6.20 Å². The molecule has 0 fully saturated rings. The number of halogens is 1. The van der Waals surface area contributed by atoms with E-state index in [-0.39, 0.29) is 24.5 Å². The highest BCUT2D eigenvalue weighted by Crippen LogP contribution is 2.25. The van der Waals surface area contributed by atoms with Crippen LogP contribution in [0.25, 0.3) is 16.9 Å². The zero-order valence-electron chi connectivity index (χ0n) is 19.7. The smallest absolute Gasteiger partial charge is 0.343 e. The van der Waals surface area contributed by atoms with E-state index in [4.69, 9.17) is 13.9 Å². The highest BCUT2D eigenvalue weighted by atomic mass is 79.9. The second-order valence-corrected chi connectivity index (χ2v) is 8.80. The lowest BCUT2D eigenvalue weighted by atomic mass is 10.1. The van der Waals surface area contributed by atoms with Gasteiger partial charge in [0.2, 0.25) is 0 Å². The minimum atomic E-state index is -0.483. The molecular formula is C27H21BrN4O5. The summed E-state index contributed by atoms with van der Waals surface area (Å²) >= 11 is 3.38. The highest BCUT2D eigenvalue weighted by Gasteiger charge is 2.18. The number of carbonyl (C=O) groups is 2. The molecule has 0 saturated carbocycles. The molecule has 0 aliphatic rings. The molecule has 3 aromatic heterocycles. The summed E-state index contributed by atoms with van der Waals surface area (Å²) in [7, 11) is 0. The summed E-state index contributed by atoms with van der Waals surface area (Å²) in [6, 6.07) is 19.8. The summed E-state index contributed by atoms with van der Waals surface area (Å²) in [6.07, 6.45) is 3.03. The molecular weight excluding hydrogens is 540 g/mol. The molecule has 0 saturated heterocycles. The van der Waals surface area contributed by atoms with E-state index in [1.807, 2.05) is 36.4 Å². The van der Waals surface area contributed by atoms with Crippen LogP contribution in [0.4, 0.5) is 5.69 Å². The van der Waals surface area contributed by atoms with Crippen molar-refractivity contribution in [2.75, 3.05) is 11.9 Å². The van der Waals surface area contributed by atoms with Crippen LogP contribution in [-0.4, -0.2) is 33.1 Å². The van der Waals surface area contributed by atoms with Crippen LogP contribution in [0.2, 0.25) is 0 Å². The zero-order valence-corrected chi connectivity index (χ0v) is 21.3. The second kappa shape index (κ2) is 10.7. The Hall–Kier alpha value is -4.44. The number of aromatic nitrogens is 3. The molecule has 1 N–H and O–H groups in total. The summed E-state index contributed by atoms with van der Waals surface area (Å²) in [5.74, 6) is 0.507. The van der Waals surface area contributed by atoms with Gasteiger partial charge in [-0.3, -0.25) is 4.79 Å². The molecule has 0 aliphatic heterocycles. The lowest BCUT2D eigenvalue weighted by Crippen LogP contribution is -2.11. The van der Waals surface area contributed by atoms with Gasteiger partial charge in [0.1, 0.15) is 23.7 Å². The summed E-state index contributed by atoms with van der Waals surface area (Å²) in [6.45, 7) is 2.19. The van der Waals surface area contributed by atoms with Crippen LogP contribution in [-0.2, 0) is 11.3 Å². The summed E-state index contributed by atoms with van der Waals surface area (Å²) in [5, 5.41) is 7.17. The van der Waals surface area contributed by atoms with Crippen LogP contribution >= 0.6 is 15.9 Å². The number of rotatable bonds is 8. The van der Waals surface area contributed by atoms with Crippen LogP contribution in [0, 0.1) is 0 Å². The zero-order chi connectivity index (χ0) is 25.8. The normalized spacial score (nSPS) is 10.9. The lowest BCUT2D eigenvalue weighted by molar-refractivity contribution is 0.0528. The van der Waals surface area contributed by atoms with Gasteiger partial charge in [-0.05, 0) is 61.5 Å². The Labute approximate surface area is 220 Å². The second-order valence-electron chi connectivity index (χ2n) is 7.89. The van der Waals surface area contributed by atoms with E-state index >= 15 is 0 Å². The Bertz CT molecular complexity index is 1580. The minimum absolute atomic E-state index is 0.164. The fraction of sp³-hybridized carbons (Fsp3) is 0.111. The van der Waals surface area contributed by atoms with E-state index < -0.39 is 11.9 Å². The first kappa shape index (κ1) is 24.3. The minimum Gasteiger partial charge on any atom is -0.486 e. The molecule has 0 unspecified atom stereocenters. The monoisotopic (exact) mass is 560 g/mol. The number of fused-ring (bicyclic) bond motifs is 1. The van der Waals surface area contributed by atoms with Gasteiger partial charge in [-0.25, -0.2) is 14.3 Å². The van der Waals surface area contributed by atoms with Crippen molar-refractivity contribution < 1.29 is 23.5 Å². The quantitative estimate of drug-likeness (QED) is 0.240. The highest BCUT2D eigenvalue weighted by molar-refractivity contribution is 9.10.